The molecule has 0 aromatic heterocycles. The van der Waals surface area contributed by atoms with E-state index < -0.39 is 4.92 Å². The molecule has 2 aliphatic rings. The number of benzene rings is 1. The average Bonchev–Trinajstić information content (AvgIpc) is 3.01. The van der Waals surface area contributed by atoms with E-state index in [4.69, 9.17) is 0 Å². The molecule has 1 aromatic carbocycles. The van der Waals surface area contributed by atoms with Gasteiger partial charge < -0.3 is 4.90 Å². The second-order valence-corrected chi connectivity index (χ2v) is 9.31. The number of hydrogen-bond acceptors (Lipinski definition) is 5. The van der Waals surface area contributed by atoms with Crippen LogP contribution < -0.4 is 4.90 Å². The van der Waals surface area contributed by atoms with Crippen LogP contribution >= 0.6 is 0 Å². The first-order chi connectivity index (χ1) is 17.0. The maximum absolute atomic E-state index is 12.2. The lowest BCUT2D eigenvalue weighted by Gasteiger charge is -2.24. The molecule has 0 spiro atoms. The van der Waals surface area contributed by atoms with Gasteiger partial charge in [0.25, 0.3) is 5.70 Å². The second kappa shape index (κ2) is 11.0. The summed E-state index contributed by atoms with van der Waals surface area (Å²) in [6, 6.07) is 6.30. The van der Waals surface area contributed by atoms with Crippen molar-refractivity contribution in [2.24, 2.45) is 0 Å². The minimum Gasteiger partial charge on any atom is -0.347 e. The Morgan fingerprint density at radius 3 is 2.47 bits per heavy atom. The van der Waals surface area contributed by atoms with E-state index in [-0.39, 0.29) is 22.5 Å². The minimum atomic E-state index is -0.500. The van der Waals surface area contributed by atoms with Gasteiger partial charge in [0.05, 0.1) is 4.92 Å². The number of ketones is 1. The van der Waals surface area contributed by atoms with Crippen molar-refractivity contribution < 1.29 is 14.5 Å². The Morgan fingerprint density at radius 2 is 1.78 bits per heavy atom. The quantitative estimate of drug-likeness (QED) is 0.152. The Hall–Kier alpha value is -4.32. The Balaban J connectivity index is 1.87. The highest BCUT2D eigenvalue weighted by atomic mass is 16.6. The molecule has 0 atom stereocenters. The zero-order valence-electron chi connectivity index (χ0n) is 21.2. The zero-order chi connectivity index (χ0) is 26.5. The van der Waals surface area contributed by atoms with Crippen molar-refractivity contribution in [2.75, 3.05) is 11.9 Å². The average molecular weight is 483 g/mol. The number of carbonyl (C=O) groups is 2. The van der Waals surface area contributed by atoms with Crippen molar-refractivity contribution >= 4 is 23.8 Å². The number of rotatable bonds is 7. The van der Waals surface area contributed by atoms with Gasteiger partial charge in [-0.2, -0.15) is 0 Å². The standard InChI is InChI=1S/C30H30N2O4/c1-21(7-6-8-22(2)17-18-33)9-10-23-11-14-27-26(19-23)30(3,4)29(31(27)5)16-12-24-20-25(32(35)36)13-15-28(24)34/h6-20H,1-5H3/b8-6+,10-9+,21-7+,22-17+,24-12-,29-16-. The summed E-state index contributed by atoms with van der Waals surface area (Å²) in [5, 5.41) is 11.1. The van der Waals surface area contributed by atoms with Gasteiger partial charge in [0, 0.05) is 41.6 Å². The van der Waals surface area contributed by atoms with Crippen molar-refractivity contribution in [3.05, 3.63) is 128 Å². The highest BCUT2D eigenvalue weighted by Crippen LogP contribution is 2.47. The third-order valence-electron chi connectivity index (χ3n) is 6.27. The normalized spacial score (nSPS) is 20.1. The van der Waals surface area contributed by atoms with E-state index in [0.29, 0.717) is 0 Å². The molecule has 3 rings (SSSR count). The predicted molar refractivity (Wildman–Crippen MR) is 145 cm³/mol. The molecule has 0 amide bonds. The molecule has 6 heteroatoms. The van der Waals surface area contributed by atoms with Crippen LogP contribution in [0.25, 0.3) is 6.08 Å². The lowest BCUT2D eigenvalue weighted by atomic mass is 9.83. The van der Waals surface area contributed by atoms with Gasteiger partial charge in [-0.25, -0.2) is 0 Å². The molecule has 184 valence electrons. The maximum atomic E-state index is 12.2. The molecular formula is C30H30N2O4. The summed E-state index contributed by atoms with van der Waals surface area (Å²) < 4.78 is 0. The van der Waals surface area contributed by atoms with Crippen LogP contribution in [0.15, 0.2) is 107 Å². The van der Waals surface area contributed by atoms with Crippen LogP contribution in [0.2, 0.25) is 0 Å². The Morgan fingerprint density at radius 1 is 1.06 bits per heavy atom. The van der Waals surface area contributed by atoms with Crippen LogP contribution in [0.5, 0.6) is 0 Å². The molecule has 0 fully saturated rings. The SMILES string of the molecule is CC(/C=C/C=C(C)/C=C/c1ccc2c(c1)C(C)(C)/C(=C/C=C1/C=C([N+](=O)[O-])C=CC1=O)N2C)=C\C=O. The van der Waals surface area contributed by atoms with Crippen LogP contribution in [0.4, 0.5) is 5.69 Å². The summed E-state index contributed by atoms with van der Waals surface area (Å²) in [6.07, 6.45) is 19.5. The monoisotopic (exact) mass is 482 g/mol. The maximum Gasteiger partial charge on any atom is 0.270 e. The number of nitro groups is 1. The minimum absolute atomic E-state index is 0.106. The molecule has 0 unspecified atom stereocenters. The van der Waals surface area contributed by atoms with Gasteiger partial charge >= 0.3 is 0 Å². The fourth-order valence-electron chi connectivity index (χ4n) is 4.20. The fraction of sp³-hybridized carbons (Fsp3) is 0.200. The number of aldehydes is 1. The zero-order valence-corrected chi connectivity index (χ0v) is 21.2. The third kappa shape index (κ3) is 5.84. The molecule has 1 aromatic rings. The van der Waals surface area contributed by atoms with E-state index in [2.05, 4.69) is 43.0 Å². The van der Waals surface area contributed by atoms with Crippen molar-refractivity contribution in [3.63, 3.8) is 0 Å². The summed E-state index contributed by atoms with van der Waals surface area (Å²) in [7, 11) is 1.98. The highest BCUT2D eigenvalue weighted by molar-refractivity contribution is 6.07. The van der Waals surface area contributed by atoms with Gasteiger partial charge in [0.2, 0.25) is 0 Å². The molecular weight excluding hydrogens is 452 g/mol. The summed E-state index contributed by atoms with van der Waals surface area (Å²) in [6.45, 7) is 8.13. The number of hydrogen-bond donors (Lipinski definition) is 0. The van der Waals surface area contributed by atoms with Crippen LogP contribution in [0.1, 0.15) is 38.8 Å². The summed E-state index contributed by atoms with van der Waals surface area (Å²) in [4.78, 5) is 35.4. The van der Waals surface area contributed by atoms with Gasteiger partial charge in [-0.3, -0.25) is 19.7 Å². The molecule has 1 heterocycles. The first-order valence-electron chi connectivity index (χ1n) is 11.6. The van der Waals surface area contributed by atoms with Crippen LogP contribution in [0, 0.1) is 10.1 Å². The molecule has 0 saturated heterocycles. The smallest absolute Gasteiger partial charge is 0.270 e. The van der Waals surface area contributed by atoms with E-state index in [1.165, 1.54) is 24.3 Å². The lowest BCUT2D eigenvalue weighted by Crippen LogP contribution is -2.22. The molecule has 6 nitrogen and oxygen atoms in total. The second-order valence-electron chi connectivity index (χ2n) is 9.31. The van der Waals surface area contributed by atoms with Crippen LogP contribution in [-0.2, 0) is 15.0 Å². The Kier molecular flexibility index (Phi) is 8.00. The van der Waals surface area contributed by atoms with E-state index >= 15 is 0 Å². The third-order valence-corrected chi connectivity index (χ3v) is 6.27. The Bertz CT molecular complexity index is 1340. The molecule has 0 bridgehead atoms. The van der Waals surface area contributed by atoms with Crippen molar-refractivity contribution in [2.45, 2.75) is 33.1 Å². The van der Waals surface area contributed by atoms with Gasteiger partial charge in [0.1, 0.15) is 6.29 Å². The number of likely N-dealkylation sites (N-methyl/N-ethyl adjacent to an activating group) is 1. The number of anilines is 1. The number of carbonyl (C=O) groups excluding carboxylic acids is 2. The number of fused-ring (bicyclic) bond motifs is 1. The van der Waals surface area contributed by atoms with Crippen molar-refractivity contribution in [1.29, 1.82) is 0 Å². The topological polar surface area (TPSA) is 80.5 Å². The Labute approximate surface area is 211 Å². The largest absolute Gasteiger partial charge is 0.347 e. The van der Waals surface area contributed by atoms with Crippen LogP contribution in [-0.4, -0.2) is 24.0 Å². The highest BCUT2D eigenvalue weighted by Gasteiger charge is 2.38. The summed E-state index contributed by atoms with van der Waals surface area (Å²) in [5.74, 6) is -0.256. The number of nitrogens with zero attached hydrogens (tertiary/aromatic N) is 2. The first-order valence-corrected chi connectivity index (χ1v) is 11.6. The fourth-order valence-corrected chi connectivity index (χ4v) is 4.20. The molecule has 36 heavy (non-hydrogen) atoms. The predicted octanol–water partition coefficient (Wildman–Crippen LogP) is 6.18. The van der Waals surface area contributed by atoms with E-state index in [1.54, 1.807) is 6.08 Å². The molecule has 1 aliphatic carbocycles. The van der Waals surface area contributed by atoms with Gasteiger partial charge in [-0.05, 0) is 67.0 Å². The molecule has 0 radical (unpaired) electrons. The molecule has 0 N–H and O–H groups in total. The van der Waals surface area contributed by atoms with E-state index in [1.807, 2.05) is 51.3 Å². The summed E-state index contributed by atoms with van der Waals surface area (Å²) in [5.41, 5.74) is 6.10. The van der Waals surface area contributed by atoms with E-state index in [9.17, 15) is 19.7 Å². The first kappa shape index (κ1) is 26.3. The van der Waals surface area contributed by atoms with Gasteiger partial charge in [0.15, 0.2) is 5.78 Å². The van der Waals surface area contributed by atoms with Crippen molar-refractivity contribution in [1.82, 2.24) is 0 Å². The molecule has 0 saturated carbocycles. The molecule has 1 aliphatic heterocycles. The van der Waals surface area contributed by atoms with Crippen LogP contribution in [0.3, 0.4) is 0 Å². The number of allylic oxidation sites excluding steroid dienone is 14. The van der Waals surface area contributed by atoms with Gasteiger partial charge in [-0.1, -0.05) is 55.9 Å². The van der Waals surface area contributed by atoms with Gasteiger partial charge in [-0.15, -0.1) is 0 Å². The lowest BCUT2D eigenvalue weighted by molar-refractivity contribution is -0.419. The van der Waals surface area contributed by atoms with Crippen molar-refractivity contribution in [3.8, 4) is 0 Å². The summed E-state index contributed by atoms with van der Waals surface area (Å²) >= 11 is 0. The van der Waals surface area contributed by atoms with E-state index in [0.717, 1.165) is 39.9 Å².